The van der Waals surface area contributed by atoms with E-state index in [1.807, 2.05) is 47.4 Å². The van der Waals surface area contributed by atoms with Crippen molar-refractivity contribution in [1.29, 1.82) is 5.26 Å². The van der Waals surface area contributed by atoms with Crippen LogP contribution in [0.15, 0.2) is 95.7 Å². The van der Waals surface area contributed by atoms with Gasteiger partial charge in [0.25, 0.3) is 8.53 Å². The van der Waals surface area contributed by atoms with Crippen LogP contribution in [0.5, 0.6) is 11.5 Å². The topological polar surface area (TPSA) is 115 Å². The van der Waals surface area contributed by atoms with Crippen molar-refractivity contribution < 1.29 is 32.9 Å². The third kappa shape index (κ3) is 13.0. The molecule has 420 valence electrons. The number of carbonyl (C=O) groups is 1. The Bertz CT molecular complexity index is 2420. The van der Waals surface area contributed by atoms with E-state index in [2.05, 4.69) is 116 Å². The van der Waals surface area contributed by atoms with Gasteiger partial charge >= 0.3 is 0 Å². The smallest absolute Gasteiger partial charge is 0.259 e. The van der Waals surface area contributed by atoms with Crippen molar-refractivity contribution in [2.75, 3.05) is 40.6 Å². The molecule has 3 saturated carbocycles. The molecular weight excluding hydrogens is 980 g/mol. The van der Waals surface area contributed by atoms with Crippen LogP contribution >= 0.6 is 8.53 Å². The predicted molar refractivity (Wildman–Crippen MR) is 310 cm³/mol. The third-order valence-electron chi connectivity index (χ3n) is 19.0. The Hall–Kier alpha value is -4.30. The quantitative estimate of drug-likeness (QED) is 0.0269. The van der Waals surface area contributed by atoms with E-state index in [1.54, 1.807) is 19.8 Å². The van der Waals surface area contributed by atoms with Gasteiger partial charge < -0.3 is 33.0 Å². The SMILES string of the molecule is COc1ccc(C(OC[C@@H]2C[C@@H](OP(OCCC#N)N(C(C)C)C(C)C)CN2C(=O)CCON=C2CC[C@@]3(C)C(=CCC4C3CC[C@@]3(C)C4CC[C@@H]3[C@H](C)CCCC(C)C)C2)(c2ccccc2)c2ccc(OC)cc2)cc1. The Morgan fingerprint density at radius 1 is 0.844 bits per heavy atom. The molecule has 1 saturated heterocycles. The maximum Gasteiger partial charge on any atom is 0.259 e. The van der Waals surface area contributed by atoms with Crippen LogP contribution in [0, 0.1) is 57.7 Å². The number of amides is 1. The summed E-state index contributed by atoms with van der Waals surface area (Å²) in [7, 11) is 1.79. The van der Waals surface area contributed by atoms with Crippen molar-refractivity contribution in [3.8, 4) is 17.6 Å². The number of hydrogen-bond acceptors (Lipinski definition) is 10. The number of nitrogens with zero attached hydrogens (tertiary/aromatic N) is 4. The largest absolute Gasteiger partial charge is 0.497 e. The Morgan fingerprint density at radius 3 is 2.13 bits per heavy atom. The van der Waals surface area contributed by atoms with Gasteiger partial charge in [-0.15, -0.1) is 0 Å². The Morgan fingerprint density at radius 2 is 1.51 bits per heavy atom. The molecule has 4 aliphatic carbocycles. The van der Waals surface area contributed by atoms with Crippen molar-refractivity contribution >= 4 is 20.1 Å². The molecule has 5 aliphatic rings. The van der Waals surface area contributed by atoms with E-state index in [-0.39, 0.29) is 68.2 Å². The zero-order valence-corrected chi connectivity index (χ0v) is 49.6. The molecule has 1 amide bonds. The highest BCUT2D eigenvalue weighted by molar-refractivity contribution is 7.44. The normalized spacial score (nSPS) is 27.5. The van der Waals surface area contributed by atoms with E-state index in [9.17, 15) is 10.1 Å². The van der Waals surface area contributed by atoms with Gasteiger partial charge in [0.15, 0.2) is 0 Å². The Kier molecular flexibility index (Phi) is 20.1. The lowest BCUT2D eigenvalue weighted by atomic mass is 9.47. The van der Waals surface area contributed by atoms with Crippen LogP contribution in [0.1, 0.15) is 169 Å². The average Bonchev–Trinajstić information content (AvgIpc) is 4.03. The van der Waals surface area contributed by atoms with Crippen LogP contribution in [0.3, 0.4) is 0 Å². The molecule has 3 aromatic rings. The van der Waals surface area contributed by atoms with Crippen molar-refractivity contribution in [3.63, 3.8) is 0 Å². The van der Waals surface area contributed by atoms with E-state index in [4.69, 9.17) is 33.3 Å². The highest BCUT2D eigenvalue weighted by atomic mass is 31.2. The number of benzene rings is 3. The first kappa shape index (κ1) is 58.8. The number of ether oxygens (including phenoxy) is 3. The van der Waals surface area contributed by atoms with Gasteiger partial charge in [-0.2, -0.15) is 5.26 Å². The standard InChI is InChI=1S/C65H93N4O7P/c1-45(2)17-15-18-48(7)59-31-32-60-58-30-25-52-41-53(33-36-63(52,8)61(58)34-37-64(59,60)9)67-74-40-35-62(70)68-43-57(76-77(75-39-16-38-66)69(46(3)4)47(5)6)42-54(68)44-73-65(49-19-13-12-14-20-49,50-21-26-55(71-10)27-22-50)51-23-28-56(72-11)29-24-51/h12-14,19-29,45-48,54,57-61H,15-18,30-37,39-44H2,1-11H3/t48-,54+,57-,58?,59-,60?,61?,63+,64-,77?/m1/s1. The molecule has 8 rings (SSSR count). The van der Waals surface area contributed by atoms with Crippen molar-refractivity contribution in [2.24, 2.45) is 51.5 Å². The lowest BCUT2D eigenvalue weighted by molar-refractivity contribution is -0.135. The molecular formula is C65H93N4O7P. The molecule has 4 fully saturated rings. The summed E-state index contributed by atoms with van der Waals surface area (Å²) < 4.78 is 34.3. The third-order valence-corrected chi connectivity index (χ3v) is 21.2. The van der Waals surface area contributed by atoms with Gasteiger partial charge in [-0.05, 0) is 166 Å². The first-order valence-corrected chi connectivity index (χ1v) is 30.6. The van der Waals surface area contributed by atoms with Gasteiger partial charge in [-0.3, -0.25) is 4.79 Å². The number of allylic oxidation sites excluding steroid dienone is 2. The van der Waals surface area contributed by atoms with Crippen LogP contribution in [0.4, 0.5) is 0 Å². The molecule has 0 radical (unpaired) electrons. The lowest BCUT2D eigenvalue weighted by Gasteiger charge is -2.58. The van der Waals surface area contributed by atoms with Crippen LogP contribution in [0.25, 0.3) is 0 Å². The number of fused-ring (bicyclic) bond motifs is 5. The predicted octanol–water partition coefficient (Wildman–Crippen LogP) is 15.1. The highest BCUT2D eigenvalue weighted by Crippen LogP contribution is 2.67. The van der Waals surface area contributed by atoms with Crippen LogP contribution < -0.4 is 9.47 Å². The molecule has 11 nitrogen and oxygen atoms in total. The second-order valence-electron chi connectivity index (χ2n) is 24.7. The van der Waals surface area contributed by atoms with E-state index < -0.39 is 14.1 Å². The van der Waals surface area contributed by atoms with Gasteiger partial charge in [-0.25, -0.2) is 4.67 Å². The maximum absolute atomic E-state index is 14.7. The summed E-state index contributed by atoms with van der Waals surface area (Å²) in [5.41, 5.74) is 5.05. The minimum absolute atomic E-state index is 0.0379. The highest BCUT2D eigenvalue weighted by Gasteiger charge is 2.59. The van der Waals surface area contributed by atoms with Crippen LogP contribution in [-0.4, -0.2) is 86.0 Å². The molecule has 0 spiro atoms. The number of oxime groups is 1. The van der Waals surface area contributed by atoms with Crippen LogP contribution in [-0.2, 0) is 29.0 Å². The molecule has 0 bridgehead atoms. The summed E-state index contributed by atoms with van der Waals surface area (Å²) in [4.78, 5) is 22.8. The Labute approximate surface area is 464 Å². The second-order valence-corrected chi connectivity index (χ2v) is 26.1. The lowest BCUT2D eigenvalue weighted by Crippen LogP contribution is -2.50. The van der Waals surface area contributed by atoms with E-state index in [0.29, 0.717) is 18.4 Å². The van der Waals surface area contributed by atoms with E-state index >= 15 is 0 Å². The molecule has 12 heteroatoms. The fraction of sp³-hybridized carbons (Fsp3) is 0.646. The maximum atomic E-state index is 14.7. The zero-order chi connectivity index (χ0) is 54.9. The summed E-state index contributed by atoms with van der Waals surface area (Å²) in [6.07, 6.45) is 17.0. The molecule has 77 heavy (non-hydrogen) atoms. The van der Waals surface area contributed by atoms with Crippen molar-refractivity contribution in [2.45, 2.75) is 182 Å². The van der Waals surface area contributed by atoms with Crippen LogP contribution in [0.2, 0.25) is 0 Å². The van der Waals surface area contributed by atoms with Gasteiger partial charge in [-0.1, -0.05) is 125 Å². The number of hydrogen-bond donors (Lipinski definition) is 0. The molecule has 3 aromatic carbocycles. The first-order valence-electron chi connectivity index (χ1n) is 29.5. The van der Waals surface area contributed by atoms with Crippen molar-refractivity contribution in [3.05, 3.63) is 107 Å². The monoisotopic (exact) mass is 1070 g/mol. The first-order chi connectivity index (χ1) is 37.1. The summed E-state index contributed by atoms with van der Waals surface area (Å²) in [5, 5.41) is 14.2. The Balaban J connectivity index is 0.986. The van der Waals surface area contributed by atoms with Gasteiger partial charge in [0, 0.05) is 25.0 Å². The molecule has 1 aliphatic heterocycles. The van der Waals surface area contributed by atoms with Gasteiger partial charge in [0.2, 0.25) is 5.91 Å². The number of likely N-dealkylation sites (tertiary alicyclic amines) is 1. The molecule has 0 aromatic heterocycles. The van der Waals surface area contributed by atoms with E-state index in [0.717, 1.165) is 88.7 Å². The minimum atomic E-state index is -1.55. The summed E-state index contributed by atoms with van der Waals surface area (Å²) in [6.45, 7) is 22.1. The zero-order valence-electron chi connectivity index (χ0n) is 48.7. The molecule has 0 N–H and O–H groups in total. The van der Waals surface area contributed by atoms with Crippen molar-refractivity contribution in [1.82, 2.24) is 9.57 Å². The van der Waals surface area contributed by atoms with E-state index in [1.165, 1.54) is 51.4 Å². The second kappa shape index (κ2) is 26.3. The van der Waals surface area contributed by atoms with Gasteiger partial charge in [0.1, 0.15) is 23.7 Å². The molecule has 10 atom stereocenters. The summed E-state index contributed by atoms with van der Waals surface area (Å²) in [6, 6.07) is 28.4. The number of carbonyl (C=O) groups excluding carboxylic acids is 1. The fourth-order valence-electron chi connectivity index (χ4n) is 15.1. The number of methoxy groups -OCH3 is 2. The van der Waals surface area contributed by atoms with Gasteiger partial charge in [0.05, 0.1) is 64.2 Å². The number of nitriles is 1. The summed E-state index contributed by atoms with van der Waals surface area (Å²) >= 11 is 0. The average molecular weight is 1070 g/mol. The molecule has 4 unspecified atom stereocenters. The number of rotatable bonds is 25. The molecule has 1 heterocycles. The summed E-state index contributed by atoms with van der Waals surface area (Å²) in [5.74, 6) is 6.27. The fourth-order valence-corrected chi connectivity index (χ4v) is 16.8. The minimum Gasteiger partial charge on any atom is -0.497 e.